The van der Waals surface area contributed by atoms with Gasteiger partial charge in [0.05, 0.1) is 38.1 Å². The molecule has 0 aromatic heterocycles. The zero-order valence-electron chi connectivity index (χ0n) is 10.4. The van der Waals surface area contributed by atoms with Crippen LogP contribution in [-0.2, 0) is 33.5 Å². The summed E-state index contributed by atoms with van der Waals surface area (Å²) in [6.45, 7) is 2.78. The largest absolute Gasteiger partial charge is 0.373 e. The average Bonchev–Trinajstić information content (AvgIpc) is 3.17. The molecule has 18 heavy (non-hydrogen) atoms. The second-order valence-corrected chi connectivity index (χ2v) is 5.64. The maximum absolute atomic E-state index is 5.33. The number of epoxide rings is 3. The molecule has 3 aliphatic rings. The maximum Gasteiger partial charge on any atom is 0.0850 e. The second-order valence-electron chi connectivity index (χ2n) is 5.64. The SMILES string of the molecule is c1c(CC2CO2)cc(CC2CO2)cc1CC1CO1. The van der Waals surface area contributed by atoms with Gasteiger partial charge in [-0.15, -0.1) is 0 Å². The first kappa shape index (κ1) is 11.0. The van der Waals surface area contributed by atoms with Gasteiger partial charge in [0.15, 0.2) is 0 Å². The number of hydrogen-bond acceptors (Lipinski definition) is 3. The van der Waals surface area contributed by atoms with E-state index >= 15 is 0 Å². The first-order valence-electron chi connectivity index (χ1n) is 6.82. The third kappa shape index (κ3) is 2.91. The van der Waals surface area contributed by atoms with Gasteiger partial charge >= 0.3 is 0 Å². The Bertz CT molecular complexity index is 366. The van der Waals surface area contributed by atoms with Gasteiger partial charge in [-0.3, -0.25) is 0 Å². The highest BCUT2D eigenvalue weighted by molar-refractivity contribution is 5.32. The zero-order valence-corrected chi connectivity index (χ0v) is 10.4. The number of benzene rings is 1. The van der Waals surface area contributed by atoms with Gasteiger partial charge in [0, 0.05) is 19.3 Å². The lowest BCUT2D eigenvalue weighted by atomic mass is 9.97. The molecule has 3 nitrogen and oxygen atoms in total. The topological polar surface area (TPSA) is 37.6 Å². The van der Waals surface area contributed by atoms with E-state index in [0.29, 0.717) is 18.3 Å². The van der Waals surface area contributed by atoms with E-state index in [9.17, 15) is 0 Å². The van der Waals surface area contributed by atoms with Crippen LogP contribution in [0.15, 0.2) is 18.2 Å². The van der Waals surface area contributed by atoms with Crippen LogP contribution in [0.4, 0.5) is 0 Å². The van der Waals surface area contributed by atoms with E-state index in [1.807, 2.05) is 0 Å². The number of ether oxygens (including phenoxy) is 3. The highest BCUT2D eigenvalue weighted by Crippen LogP contribution is 2.24. The Morgan fingerprint density at radius 3 is 1.17 bits per heavy atom. The van der Waals surface area contributed by atoms with Crippen molar-refractivity contribution in [3.05, 3.63) is 34.9 Å². The lowest BCUT2D eigenvalue weighted by Crippen LogP contribution is -2.02. The molecule has 3 fully saturated rings. The predicted octanol–water partition coefficient (Wildman–Crippen LogP) is 1.51. The van der Waals surface area contributed by atoms with Crippen molar-refractivity contribution in [3.63, 3.8) is 0 Å². The van der Waals surface area contributed by atoms with Crippen molar-refractivity contribution in [3.8, 4) is 0 Å². The van der Waals surface area contributed by atoms with E-state index in [2.05, 4.69) is 18.2 Å². The van der Waals surface area contributed by atoms with Crippen LogP contribution < -0.4 is 0 Å². The van der Waals surface area contributed by atoms with Crippen LogP contribution in [0.25, 0.3) is 0 Å². The van der Waals surface area contributed by atoms with Crippen LogP contribution in [0.3, 0.4) is 0 Å². The molecule has 3 aliphatic heterocycles. The van der Waals surface area contributed by atoms with Crippen molar-refractivity contribution in [2.75, 3.05) is 19.8 Å². The summed E-state index contributed by atoms with van der Waals surface area (Å²) in [4.78, 5) is 0. The van der Waals surface area contributed by atoms with Crippen LogP contribution in [0, 0.1) is 0 Å². The zero-order chi connectivity index (χ0) is 11.9. The second kappa shape index (κ2) is 4.34. The summed E-state index contributed by atoms with van der Waals surface area (Å²) in [6.07, 6.45) is 4.54. The van der Waals surface area contributed by atoms with Gasteiger partial charge in [0.2, 0.25) is 0 Å². The molecule has 0 aliphatic carbocycles. The van der Waals surface area contributed by atoms with Gasteiger partial charge in [0.25, 0.3) is 0 Å². The molecule has 1 aromatic carbocycles. The van der Waals surface area contributed by atoms with Gasteiger partial charge in [-0.2, -0.15) is 0 Å². The van der Waals surface area contributed by atoms with E-state index < -0.39 is 0 Å². The molecular formula is C15H18O3. The van der Waals surface area contributed by atoms with E-state index in [-0.39, 0.29) is 0 Å². The summed E-state index contributed by atoms with van der Waals surface area (Å²) in [6, 6.07) is 6.96. The van der Waals surface area contributed by atoms with Crippen LogP contribution in [0.5, 0.6) is 0 Å². The Morgan fingerprint density at radius 1 is 0.667 bits per heavy atom. The molecule has 3 unspecified atom stereocenters. The molecule has 0 radical (unpaired) electrons. The fourth-order valence-corrected chi connectivity index (χ4v) is 2.54. The molecule has 4 rings (SSSR count). The van der Waals surface area contributed by atoms with E-state index in [1.54, 1.807) is 0 Å². The highest BCUT2D eigenvalue weighted by atomic mass is 16.6. The average molecular weight is 246 g/mol. The molecule has 3 heterocycles. The lowest BCUT2D eigenvalue weighted by molar-refractivity contribution is 0.404. The highest BCUT2D eigenvalue weighted by Gasteiger charge is 2.27. The Balaban J connectivity index is 1.54. The summed E-state index contributed by atoms with van der Waals surface area (Å²) in [5.41, 5.74) is 4.23. The minimum Gasteiger partial charge on any atom is -0.373 e. The molecule has 96 valence electrons. The first-order valence-corrected chi connectivity index (χ1v) is 6.82. The number of hydrogen-bond donors (Lipinski definition) is 0. The Morgan fingerprint density at radius 2 is 0.944 bits per heavy atom. The number of rotatable bonds is 6. The quantitative estimate of drug-likeness (QED) is 0.714. The van der Waals surface area contributed by atoms with E-state index in [1.165, 1.54) is 16.7 Å². The van der Waals surface area contributed by atoms with E-state index in [4.69, 9.17) is 14.2 Å². The smallest absolute Gasteiger partial charge is 0.0850 e. The summed E-state index contributed by atoms with van der Waals surface area (Å²) in [5.74, 6) is 0. The van der Waals surface area contributed by atoms with Crippen LogP contribution in [-0.4, -0.2) is 38.1 Å². The summed E-state index contributed by atoms with van der Waals surface area (Å²) in [5, 5.41) is 0. The predicted molar refractivity (Wildman–Crippen MR) is 66.8 cm³/mol. The van der Waals surface area contributed by atoms with Crippen LogP contribution >= 0.6 is 0 Å². The fourth-order valence-electron chi connectivity index (χ4n) is 2.54. The summed E-state index contributed by atoms with van der Waals surface area (Å²) >= 11 is 0. The molecule has 0 amide bonds. The molecule has 0 N–H and O–H groups in total. The fraction of sp³-hybridized carbons (Fsp3) is 0.600. The lowest BCUT2D eigenvalue weighted by Gasteiger charge is -2.08. The molecule has 1 aromatic rings. The maximum atomic E-state index is 5.33. The molecule has 0 bridgehead atoms. The van der Waals surface area contributed by atoms with Crippen LogP contribution in [0.1, 0.15) is 16.7 Å². The van der Waals surface area contributed by atoms with Crippen molar-refractivity contribution in [2.45, 2.75) is 37.6 Å². The summed E-state index contributed by atoms with van der Waals surface area (Å²) < 4.78 is 16.0. The minimum absolute atomic E-state index is 0.461. The Hall–Kier alpha value is -0.900. The van der Waals surface area contributed by atoms with Crippen molar-refractivity contribution in [2.24, 2.45) is 0 Å². The molecule has 3 atom stereocenters. The van der Waals surface area contributed by atoms with Gasteiger partial charge in [-0.1, -0.05) is 18.2 Å². The van der Waals surface area contributed by atoms with Crippen molar-refractivity contribution < 1.29 is 14.2 Å². The first-order chi connectivity index (χ1) is 8.85. The standard InChI is InChI=1S/C15H18O3/c1-10(4-13-7-16-13)2-12(6-15-9-18-15)3-11(1)5-14-8-17-14/h1-3,13-15H,4-9H2. The monoisotopic (exact) mass is 246 g/mol. The van der Waals surface area contributed by atoms with Gasteiger partial charge in [-0.05, 0) is 16.7 Å². The normalized spacial score (nSPS) is 32.3. The minimum atomic E-state index is 0.461. The Kier molecular flexibility index (Phi) is 2.64. The molecular weight excluding hydrogens is 228 g/mol. The van der Waals surface area contributed by atoms with Gasteiger partial charge in [-0.25, -0.2) is 0 Å². The van der Waals surface area contributed by atoms with Crippen molar-refractivity contribution in [1.29, 1.82) is 0 Å². The molecule has 3 saturated heterocycles. The summed E-state index contributed by atoms with van der Waals surface area (Å²) in [7, 11) is 0. The van der Waals surface area contributed by atoms with Crippen molar-refractivity contribution in [1.82, 2.24) is 0 Å². The van der Waals surface area contributed by atoms with E-state index in [0.717, 1.165) is 39.1 Å². The third-order valence-corrected chi connectivity index (χ3v) is 3.71. The van der Waals surface area contributed by atoms with Crippen LogP contribution in [0.2, 0.25) is 0 Å². The molecule has 3 heteroatoms. The van der Waals surface area contributed by atoms with Gasteiger partial charge < -0.3 is 14.2 Å². The van der Waals surface area contributed by atoms with Crippen molar-refractivity contribution >= 4 is 0 Å². The Labute approximate surface area is 107 Å². The third-order valence-electron chi connectivity index (χ3n) is 3.71. The molecule has 0 spiro atoms. The van der Waals surface area contributed by atoms with Gasteiger partial charge in [0.1, 0.15) is 0 Å². The molecule has 0 saturated carbocycles.